The summed E-state index contributed by atoms with van der Waals surface area (Å²) in [6.45, 7) is 6.58. The van der Waals surface area contributed by atoms with Crippen LogP contribution < -0.4 is 5.73 Å². The van der Waals surface area contributed by atoms with E-state index in [0.717, 1.165) is 31.7 Å². The Balaban J connectivity index is 2.20. The zero-order valence-corrected chi connectivity index (χ0v) is 8.11. The third kappa shape index (κ3) is 1.75. The van der Waals surface area contributed by atoms with Crippen LogP contribution >= 0.6 is 0 Å². The molecule has 0 fully saturated rings. The lowest BCUT2D eigenvalue weighted by atomic mass is 10.1. The van der Waals surface area contributed by atoms with Crippen LogP contribution in [-0.2, 0) is 13.0 Å². The number of aromatic nitrogens is 2. The zero-order chi connectivity index (χ0) is 9.97. The molecule has 14 heavy (non-hydrogen) atoms. The monoisotopic (exact) mass is 190 g/mol. The van der Waals surface area contributed by atoms with Gasteiger partial charge >= 0.3 is 0 Å². The van der Waals surface area contributed by atoms with Crippen LogP contribution in [0.3, 0.4) is 0 Å². The van der Waals surface area contributed by atoms with Crippen LogP contribution in [0.5, 0.6) is 0 Å². The van der Waals surface area contributed by atoms with Crippen molar-refractivity contribution < 1.29 is 0 Å². The summed E-state index contributed by atoms with van der Waals surface area (Å²) in [7, 11) is 0. The number of hydrogen-bond acceptors (Lipinski definition) is 4. The van der Waals surface area contributed by atoms with Crippen molar-refractivity contribution in [3.63, 3.8) is 0 Å². The SMILES string of the molecule is C=CCN1CCc2nnc(N)cc2C1. The molecule has 4 heteroatoms. The number of fused-ring (bicyclic) bond motifs is 1. The van der Waals surface area contributed by atoms with Gasteiger partial charge in [-0.2, -0.15) is 5.10 Å². The van der Waals surface area contributed by atoms with E-state index in [-0.39, 0.29) is 0 Å². The summed E-state index contributed by atoms with van der Waals surface area (Å²) in [4.78, 5) is 2.32. The molecule has 2 heterocycles. The molecule has 0 saturated heterocycles. The highest BCUT2D eigenvalue weighted by Gasteiger charge is 2.16. The van der Waals surface area contributed by atoms with E-state index in [0.29, 0.717) is 5.82 Å². The topological polar surface area (TPSA) is 55.0 Å². The summed E-state index contributed by atoms with van der Waals surface area (Å²) in [5.74, 6) is 0.504. The molecule has 0 atom stereocenters. The fraction of sp³-hybridized carbons (Fsp3) is 0.400. The van der Waals surface area contributed by atoms with E-state index in [1.807, 2.05) is 12.1 Å². The first kappa shape index (κ1) is 9.15. The molecule has 4 nitrogen and oxygen atoms in total. The van der Waals surface area contributed by atoms with Crippen LogP contribution in [0.4, 0.5) is 5.82 Å². The van der Waals surface area contributed by atoms with E-state index in [2.05, 4.69) is 21.7 Å². The number of hydrogen-bond donors (Lipinski definition) is 1. The van der Waals surface area contributed by atoms with Crippen LogP contribution in [0.1, 0.15) is 11.3 Å². The van der Waals surface area contributed by atoms with Gasteiger partial charge in [-0.25, -0.2) is 0 Å². The molecule has 0 bridgehead atoms. The lowest BCUT2D eigenvalue weighted by Crippen LogP contribution is -2.31. The van der Waals surface area contributed by atoms with E-state index < -0.39 is 0 Å². The predicted molar refractivity (Wildman–Crippen MR) is 55.6 cm³/mol. The number of nitrogens with two attached hydrogens (primary N) is 1. The van der Waals surface area contributed by atoms with Gasteiger partial charge in [0.1, 0.15) is 5.82 Å². The van der Waals surface area contributed by atoms with Crippen molar-refractivity contribution in [2.24, 2.45) is 0 Å². The maximum Gasteiger partial charge on any atom is 0.146 e. The molecule has 2 N–H and O–H groups in total. The van der Waals surface area contributed by atoms with Gasteiger partial charge in [0.05, 0.1) is 5.69 Å². The third-order valence-electron chi connectivity index (χ3n) is 2.43. The van der Waals surface area contributed by atoms with E-state index in [9.17, 15) is 0 Å². The molecule has 0 aliphatic carbocycles. The van der Waals surface area contributed by atoms with Gasteiger partial charge in [0.25, 0.3) is 0 Å². The highest BCUT2D eigenvalue weighted by molar-refractivity contribution is 5.34. The molecule has 1 aliphatic rings. The Kier molecular flexibility index (Phi) is 2.45. The lowest BCUT2D eigenvalue weighted by molar-refractivity contribution is 0.278. The lowest BCUT2D eigenvalue weighted by Gasteiger charge is -2.26. The molecule has 0 saturated carbocycles. The summed E-state index contributed by atoms with van der Waals surface area (Å²) in [5, 5.41) is 7.94. The van der Waals surface area contributed by atoms with Crippen LogP contribution in [0.15, 0.2) is 18.7 Å². The molecule has 1 aromatic heterocycles. The Morgan fingerprint density at radius 3 is 3.21 bits per heavy atom. The molecule has 0 amide bonds. The Labute approximate surface area is 83.4 Å². The number of nitrogen functional groups attached to an aromatic ring is 1. The van der Waals surface area contributed by atoms with Crippen molar-refractivity contribution in [1.82, 2.24) is 15.1 Å². The zero-order valence-electron chi connectivity index (χ0n) is 8.11. The number of rotatable bonds is 2. The Hall–Kier alpha value is -1.42. The van der Waals surface area contributed by atoms with Crippen molar-refractivity contribution in [3.8, 4) is 0 Å². The Morgan fingerprint density at radius 2 is 2.43 bits per heavy atom. The van der Waals surface area contributed by atoms with E-state index in [1.165, 1.54) is 5.56 Å². The van der Waals surface area contributed by atoms with Crippen LogP contribution in [0, 0.1) is 0 Å². The van der Waals surface area contributed by atoms with Gasteiger partial charge in [0.15, 0.2) is 0 Å². The van der Waals surface area contributed by atoms with Crippen molar-refractivity contribution >= 4 is 5.82 Å². The van der Waals surface area contributed by atoms with Crippen molar-refractivity contribution in [2.75, 3.05) is 18.8 Å². The molecule has 0 spiro atoms. The normalized spacial score (nSPS) is 16.3. The van der Waals surface area contributed by atoms with Gasteiger partial charge in [0, 0.05) is 26.1 Å². The van der Waals surface area contributed by atoms with Gasteiger partial charge in [-0.15, -0.1) is 11.7 Å². The molecule has 0 unspecified atom stereocenters. The van der Waals surface area contributed by atoms with Gasteiger partial charge in [-0.1, -0.05) is 6.08 Å². The summed E-state index contributed by atoms with van der Waals surface area (Å²) in [5.41, 5.74) is 7.87. The smallest absolute Gasteiger partial charge is 0.146 e. The first-order valence-electron chi connectivity index (χ1n) is 4.74. The highest BCUT2D eigenvalue weighted by atomic mass is 15.2. The second kappa shape index (κ2) is 3.75. The van der Waals surface area contributed by atoms with Gasteiger partial charge in [-0.3, -0.25) is 4.90 Å². The minimum Gasteiger partial charge on any atom is -0.382 e. The molecule has 0 radical (unpaired) electrons. The predicted octanol–water partition coefficient (Wildman–Crippen LogP) is 0.603. The van der Waals surface area contributed by atoms with Crippen LogP contribution in [0.25, 0.3) is 0 Å². The van der Waals surface area contributed by atoms with E-state index in [1.54, 1.807) is 0 Å². The van der Waals surface area contributed by atoms with Gasteiger partial charge < -0.3 is 5.73 Å². The van der Waals surface area contributed by atoms with Crippen molar-refractivity contribution in [3.05, 3.63) is 30.0 Å². The van der Waals surface area contributed by atoms with Crippen molar-refractivity contribution in [2.45, 2.75) is 13.0 Å². The fourth-order valence-electron chi connectivity index (χ4n) is 1.74. The number of nitrogens with zero attached hydrogens (tertiary/aromatic N) is 3. The van der Waals surface area contributed by atoms with Crippen LogP contribution in [-0.4, -0.2) is 28.2 Å². The second-order valence-electron chi connectivity index (χ2n) is 3.51. The minimum atomic E-state index is 0.504. The molecule has 0 aromatic carbocycles. The third-order valence-corrected chi connectivity index (χ3v) is 2.43. The standard InChI is InChI=1S/C10H14N4/c1-2-4-14-5-3-9-8(7-14)6-10(11)13-12-9/h2,6H,1,3-5,7H2,(H2,11,13). The van der Waals surface area contributed by atoms with Crippen LogP contribution in [0.2, 0.25) is 0 Å². The molecular formula is C10H14N4. The first-order valence-corrected chi connectivity index (χ1v) is 4.74. The molecule has 1 aromatic rings. The van der Waals surface area contributed by atoms with E-state index in [4.69, 9.17) is 5.73 Å². The average Bonchev–Trinajstić information content (AvgIpc) is 2.17. The fourth-order valence-corrected chi connectivity index (χ4v) is 1.74. The summed E-state index contributed by atoms with van der Waals surface area (Å²) in [6, 6.07) is 1.91. The van der Waals surface area contributed by atoms with E-state index >= 15 is 0 Å². The van der Waals surface area contributed by atoms with Gasteiger partial charge in [0.2, 0.25) is 0 Å². The Bertz CT molecular complexity index is 348. The quantitative estimate of drug-likeness (QED) is 0.694. The maximum absolute atomic E-state index is 5.59. The van der Waals surface area contributed by atoms with Crippen molar-refractivity contribution in [1.29, 1.82) is 0 Å². The molecule has 1 aliphatic heterocycles. The summed E-state index contributed by atoms with van der Waals surface area (Å²) >= 11 is 0. The highest BCUT2D eigenvalue weighted by Crippen LogP contribution is 2.17. The molecule has 74 valence electrons. The first-order chi connectivity index (χ1) is 6.79. The number of anilines is 1. The minimum absolute atomic E-state index is 0.504. The largest absolute Gasteiger partial charge is 0.382 e. The molecular weight excluding hydrogens is 176 g/mol. The Morgan fingerprint density at radius 1 is 1.57 bits per heavy atom. The average molecular weight is 190 g/mol. The van der Waals surface area contributed by atoms with Gasteiger partial charge in [-0.05, 0) is 11.6 Å². The summed E-state index contributed by atoms with van der Waals surface area (Å²) < 4.78 is 0. The second-order valence-corrected chi connectivity index (χ2v) is 3.51. The maximum atomic E-state index is 5.59. The molecule has 2 rings (SSSR count). The summed E-state index contributed by atoms with van der Waals surface area (Å²) in [6.07, 6.45) is 2.87.